The van der Waals surface area contributed by atoms with Gasteiger partial charge in [0.15, 0.2) is 0 Å². The molecule has 0 bridgehead atoms. The molecule has 1 aromatic heterocycles. The highest BCUT2D eigenvalue weighted by atomic mass is 35.5. The number of H-pyrrole nitrogens is 1. The topological polar surface area (TPSA) is 78.0 Å². The van der Waals surface area contributed by atoms with Gasteiger partial charge in [-0.1, -0.05) is 11.6 Å². The molecule has 6 heteroatoms. The first-order valence-corrected chi connectivity index (χ1v) is 5.79. The van der Waals surface area contributed by atoms with Gasteiger partial charge in [-0.25, -0.2) is 9.78 Å². The van der Waals surface area contributed by atoms with Gasteiger partial charge >= 0.3 is 6.09 Å². The second-order valence-electron chi connectivity index (χ2n) is 3.75. The van der Waals surface area contributed by atoms with E-state index in [2.05, 4.69) is 15.3 Å². The Morgan fingerprint density at radius 2 is 2.11 bits per heavy atom. The molecular weight excluding hydrogens is 254 g/mol. The maximum Gasteiger partial charge on any atom is 0.404 e. The van der Waals surface area contributed by atoms with E-state index in [1.807, 2.05) is 12.1 Å². The minimum Gasteiger partial charge on any atom is -0.465 e. The molecule has 1 amide bonds. The minimum atomic E-state index is -1.02. The van der Waals surface area contributed by atoms with Gasteiger partial charge in [-0.15, -0.1) is 0 Å². The van der Waals surface area contributed by atoms with Crippen LogP contribution in [0.4, 0.5) is 4.79 Å². The van der Waals surface area contributed by atoms with Crippen LogP contribution in [0.25, 0.3) is 11.4 Å². The molecule has 1 heterocycles. The number of hydrogen-bond acceptors (Lipinski definition) is 2. The summed E-state index contributed by atoms with van der Waals surface area (Å²) in [4.78, 5) is 17.7. The van der Waals surface area contributed by atoms with Crippen LogP contribution in [-0.4, -0.2) is 27.7 Å². The number of carboxylic acid groups (broad SMARTS) is 1. The molecule has 0 spiro atoms. The van der Waals surface area contributed by atoms with E-state index < -0.39 is 6.09 Å². The SMILES string of the molecule is O=C(O)NCCc1cnc(-c2ccc(Cl)cc2)[nH]1. The van der Waals surface area contributed by atoms with Crippen molar-refractivity contribution < 1.29 is 9.90 Å². The fourth-order valence-corrected chi connectivity index (χ4v) is 1.67. The average molecular weight is 266 g/mol. The summed E-state index contributed by atoms with van der Waals surface area (Å²) in [5, 5.41) is 11.4. The van der Waals surface area contributed by atoms with Gasteiger partial charge in [-0.2, -0.15) is 0 Å². The maximum absolute atomic E-state index is 10.3. The van der Waals surface area contributed by atoms with E-state index in [4.69, 9.17) is 16.7 Å². The van der Waals surface area contributed by atoms with Crippen molar-refractivity contribution in [2.24, 2.45) is 0 Å². The van der Waals surface area contributed by atoms with E-state index in [1.165, 1.54) is 0 Å². The molecule has 0 aliphatic carbocycles. The Kier molecular flexibility index (Phi) is 3.84. The molecular formula is C12H12ClN3O2. The van der Waals surface area contributed by atoms with Crippen molar-refractivity contribution in [3.8, 4) is 11.4 Å². The number of carbonyl (C=O) groups is 1. The van der Waals surface area contributed by atoms with Gasteiger partial charge < -0.3 is 15.4 Å². The van der Waals surface area contributed by atoms with E-state index in [0.29, 0.717) is 18.0 Å². The quantitative estimate of drug-likeness (QED) is 0.795. The predicted octanol–water partition coefficient (Wildman–Crippen LogP) is 2.54. The van der Waals surface area contributed by atoms with Crippen molar-refractivity contribution in [2.75, 3.05) is 6.54 Å². The fourth-order valence-electron chi connectivity index (χ4n) is 1.54. The summed E-state index contributed by atoms with van der Waals surface area (Å²) < 4.78 is 0. The minimum absolute atomic E-state index is 0.359. The van der Waals surface area contributed by atoms with Crippen molar-refractivity contribution in [1.29, 1.82) is 0 Å². The third-order valence-electron chi connectivity index (χ3n) is 2.42. The van der Waals surface area contributed by atoms with Crippen LogP contribution >= 0.6 is 11.6 Å². The Bertz CT molecular complexity index is 537. The fraction of sp³-hybridized carbons (Fsp3) is 0.167. The lowest BCUT2D eigenvalue weighted by Gasteiger charge is -1.99. The van der Waals surface area contributed by atoms with E-state index in [1.54, 1.807) is 18.3 Å². The molecule has 0 saturated carbocycles. The molecule has 0 fully saturated rings. The third-order valence-corrected chi connectivity index (χ3v) is 2.67. The van der Waals surface area contributed by atoms with Crippen LogP contribution < -0.4 is 5.32 Å². The normalized spacial score (nSPS) is 10.3. The average Bonchev–Trinajstić information content (AvgIpc) is 2.78. The lowest BCUT2D eigenvalue weighted by atomic mass is 10.2. The molecule has 3 N–H and O–H groups in total. The molecule has 0 aliphatic rings. The van der Waals surface area contributed by atoms with Gasteiger partial charge in [-0.3, -0.25) is 0 Å². The van der Waals surface area contributed by atoms with Gasteiger partial charge in [0.2, 0.25) is 0 Å². The highest BCUT2D eigenvalue weighted by Gasteiger charge is 2.04. The van der Waals surface area contributed by atoms with Crippen LogP contribution in [0.1, 0.15) is 5.69 Å². The van der Waals surface area contributed by atoms with Crippen LogP contribution in [0.5, 0.6) is 0 Å². The smallest absolute Gasteiger partial charge is 0.404 e. The first-order chi connectivity index (χ1) is 8.65. The lowest BCUT2D eigenvalue weighted by molar-refractivity contribution is 0.194. The number of amides is 1. The number of aromatic amines is 1. The van der Waals surface area contributed by atoms with Gasteiger partial charge in [-0.05, 0) is 24.3 Å². The van der Waals surface area contributed by atoms with Crippen molar-refractivity contribution in [1.82, 2.24) is 15.3 Å². The molecule has 0 aliphatic heterocycles. The van der Waals surface area contributed by atoms with E-state index >= 15 is 0 Å². The Morgan fingerprint density at radius 1 is 1.39 bits per heavy atom. The van der Waals surface area contributed by atoms with Gasteiger partial charge in [0.25, 0.3) is 0 Å². The third kappa shape index (κ3) is 3.24. The largest absolute Gasteiger partial charge is 0.465 e. The monoisotopic (exact) mass is 265 g/mol. The molecule has 2 rings (SSSR count). The van der Waals surface area contributed by atoms with Gasteiger partial charge in [0, 0.05) is 35.4 Å². The number of imidazole rings is 1. The number of rotatable bonds is 4. The summed E-state index contributed by atoms with van der Waals surface area (Å²) in [5.41, 5.74) is 1.82. The second-order valence-corrected chi connectivity index (χ2v) is 4.18. The summed E-state index contributed by atoms with van der Waals surface area (Å²) in [7, 11) is 0. The second kappa shape index (κ2) is 5.55. The van der Waals surface area contributed by atoms with Crippen molar-refractivity contribution in [3.63, 3.8) is 0 Å². The Hall–Kier alpha value is -2.01. The summed E-state index contributed by atoms with van der Waals surface area (Å²) in [6.45, 7) is 0.359. The molecule has 5 nitrogen and oxygen atoms in total. The van der Waals surface area contributed by atoms with Crippen molar-refractivity contribution in [3.05, 3.63) is 41.2 Å². The summed E-state index contributed by atoms with van der Waals surface area (Å²) in [6, 6.07) is 7.34. The van der Waals surface area contributed by atoms with E-state index in [-0.39, 0.29) is 0 Å². The zero-order chi connectivity index (χ0) is 13.0. The van der Waals surface area contributed by atoms with Crippen LogP contribution in [0, 0.1) is 0 Å². The first kappa shape index (κ1) is 12.4. The Morgan fingerprint density at radius 3 is 2.78 bits per heavy atom. The number of nitrogens with zero attached hydrogens (tertiary/aromatic N) is 1. The first-order valence-electron chi connectivity index (χ1n) is 5.42. The summed E-state index contributed by atoms with van der Waals surface area (Å²) >= 11 is 5.81. The summed E-state index contributed by atoms with van der Waals surface area (Å²) in [6.07, 6.45) is 1.26. The highest BCUT2D eigenvalue weighted by molar-refractivity contribution is 6.30. The number of benzene rings is 1. The maximum atomic E-state index is 10.3. The molecule has 2 aromatic rings. The standard InChI is InChI=1S/C12H12ClN3O2/c13-9-3-1-8(2-4-9)11-15-7-10(16-11)5-6-14-12(17)18/h1-4,7,14H,5-6H2,(H,15,16)(H,17,18). The molecule has 0 radical (unpaired) electrons. The number of halogens is 1. The molecule has 1 aromatic carbocycles. The van der Waals surface area contributed by atoms with Crippen LogP contribution in [-0.2, 0) is 6.42 Å². The van der Waals surface area contributed by atoms with Crippen molar-refractivity contribution >= 4 is 17.7 Å². The number of aromatic nitrogens is 2. The zero-order valence-corrected chi connectivity index (χ0v) is 10.2. The van der Waals surface area contributed by atoms with Gasteiger partial charge in [0.1, 0.15) is 5.82 Å². The highest BCUT2D eigenvalue weighted by Crippen LogP contribution is 2.18. The number of hydrogen-bond donors (Lipinski definition) is 3. The molecule has 0 unspecified atom stereocenters. The van der Waals surface area contributed by atoms with Gasteiger partial charge in [0.05, 0.1) is 0 Å². The lowest BCUT2D eigenvalue weighted by Crippen LogP contribution is -2.23. The summed E-state index contributed by atoms with van der Waals surface area (Å²) in [5.74, 6) is 0.747. The van der Waals surface area contributed by atoms with Crippen LogP contribution in [0.15, 0.2) is 30.5 Å². The predicted molar refractivity (Wildman–Crippen MR) is 68.8 cm³/mol. The van der Waals surface area contributed by atoms with E-state index in [0.717, 1.165) is 17.1 Å². The zero-order valence-electron chi connectivity index (χ0n) is 9.48. The molecule has 0 atom stereocenters. The Balaban J connectivity index is 2.01. The molecule has 0 saturated heterocycles. The van der Waals surface area contributed by atoms with Crippen molar-refractivity contribution in [2.45, 2.75) is 6.42 Å². The Labute approximate surface area is 109 Å². The van der Waals surface area contributed by atoms with E-state index in [9.17, 15) is 4.79 Å². The van der Waals surface area contributed by atoms with Crippen LogP contribution in [0.3, 0.4) is 0 Å². The number of nitrogens with one attached hydrogen (secondary N) is 2. The molecule has 94 valence electrons. The molecule has 18 heavy (non-hydrogen) atoms. The van der Waals surface area contributed by atoms with Crippen LogP contribution in [0.2, 0.25) is 5.02 Å².